The first kappa shape index (κ1) is 13.0. The van der Waals surface area contributed by atoms with Crippen molar-refractivity contribution in [1.82, 2.24) is 9.55 Å². The molecule has 4 heteroatoms. The highest BCUT2D eigenvalue weighted by Gasteiger charge is 2.20. The third-order valence-electron chi connectivity index (χ3n) is 4.38. The number of nitriles is 1. The van der Waals surface area contributed by atoms with Gasteiger partial charge in [-0.05, 0) is 50.8 Å². The molecule has 1 aromatic heterocycles. The minimum absolute atomic E-state index is 0.258. The highest BCUT2D eigenvalue weighted by Crippen LogP contribution is 2.27. The Bertz CT molecular complexity index is 657. The first-order valence-corrected chi connectivity index (χ1v) is 7.26. The van der Waals surface area contributed by atoms with Gasteiger partial charge in [0, 0.05) is 24.7 Å². The zero-order valence-electron chi connectivity index (χ0n) is 12.1. The van der Waals surface area contributed by atoms with Crippen LogP contribution in [-0.2, 0) is 7.05 Å². The smallest absolute Gasteiger partial charge is 0.106 e. The van der Waals surface area contributed by atoms with Crippen LogP contribution in [0.1, 0.15) is 31.5 Å². The second kappa shape index (κ2) is 5.16. The fourth-order valence-corrected chi connectivity index (χ4v) is 3.01. The summed E-state index contributed by atoms with van der Waals surface area (Å²) in [6.07, 6.45) is 4.19. The van der Waals surface area contributed by atoms with Crippen LogP contribution in [0.5, 0.6) is 0 Å². The number of imidazole rings is 1. The first-order valence-electron chi connectivity index (χ1n) is 7.26. The van der Waals surface area contributed by atoms with Crippen molar-refractivity contribution < 1.29 is 0 Å². The van der Waals surface area contributed by atoms with E-state index in [1.807, 2.05) is 14.0 Å². The Balaban J connectivity index is 1.74. The molecule has 0 radical (unpaired) electrons. The summed E-state index contributed by atoms with van der Waals surface area (Å²) < 4.78 is 2.11. The standard InChI is InChI=1S/C16H20N4/c1-11-18-15-9-14(7-8-16(15)20(11)2)19-13-5-3-12(10-17)4-6-13/h7-9,12-13,19H,3-6H2,1-2H3. The van der Waals surface area contributed by atoms with Crippen molar-refractivity contribution in [2.75, 3.05) is 5.32 Å². The molecule has 1 N–H and O–H groups in total. The summed E-state index contributed by atoms with van der Waals surface area (Å²) in [5.74, 6) is 1.29. The van der Waals surface area contributed by atoms with E-state index in [9.17, 15) is 0 Å². The first-order chi connectivity index (χ1) is 9.67. The van der Waals surface area contributed by atoms with Crippen molar-refractivity contribution in [3.63, 3.8) is 0 Å². The second-order valence-corrected chi connectivity index (χ2v) is 5.74. The van der Waals surface area contributed by atoms with E-state index in [2.05, 4.69) is 39.1 Å². The predicted octanol–water partition coefficient (Wildman–Crippen LogP) is 3.38. The Kier molecular flexibility index (Phi) is 3.35. The van der Waals surface area contributed by atoms with Crippen LogP contribution in [0, 0.1) is 24.2 Å². The number of hydrogen-bond donors (Lipinski definition) is 1. The molecule has 4 nitrogen and oxygen atoms in total. The van der Waals surface area contributed by atoms with Crippen molar-refractivity contribution in [1.29, 1.82) is 5.26 Å². The molecule has 1 aliphatic rings. The van der Waals surface area contributed by atoms with Gasteiger partial charge in [-0.2, -0.15) is 5.26 Å². The van der Waals surface area contributed by atoms with E-state index in [0.29, 0.717) is 6.04 Å². The minimum atomic E-state index is 0.258. The molecule has 0 saturated heterocycles. The van der Waals surface area contributed by atoms with Gasteiger partial charge in [0.2, 0.25) is 0 Å². The normalized spacial score (nSPS) is 22.6. The third kappa shape index (κ3) is 2.36. The quantitative estimate of drug-likeness (QED) is 0.908. The lowest BCUT2D eigenvalue weighted by Gasteiger charge is -2.26. The van der Waals surface area contributed by atoms with Gasteiger partial charge < -0.3 is 9.88 Å². The van der Waals surface area contributed by atoms with Gasteiger partial charge in [0.05, 0.1) is 17.1 Å². The SMILES string of the molecule is Cc1nc2cc(NC3CCC(C#N)CC3)ccc2n1C. The fourth-order valence-electron chi connectivity index (χ4n) is 3.01. The van der Waals surface area contributed by atoms with E-state index < -0.39 is 0 Å². The lowest BCUT2D eigenvalue weighted by atomic mass is 9.87. The van der Waals surface area contributed by atoms with Crippen LogP contribution in [0.3, 0.4) is 0 Å². The van der Waals surface area contributed by atoms with Crippen LogP contribution < -0.4 is 5.32 Å². The molecular weight excluding hydrogens is 248 g/mol. The van der Waals surface area contributed by atoms with Gasteiger partial charge in [-0.25, -0.2) is 4.98 Å². The van der Waals surface area contributed by atoms with Gasteiger partial charge in [-0.3, -0.25) is 0 Å². The van der Waals surface area contributed by atoms with Crippen LogP contribution in [0.25, 0.3) is 11.0 Å². The predicted molar refractivity (Wildman–Crippen MR) is 80.4 cm³/mol. The maximum Gasteiger partial charge on any atom is 0.106 e. The Labute approximate surface area is 119 Å². The molecule has 2 aromatic rings. The molecular formula is C16H20N4. The number of anilines is 1. The number of aromatic nitrogens is 2. The topological polar surface area (TPSA) is 53.6 Å². The zero-order valence-corrected chi connectivity index (χ0v) is 12.1. The lowest BCUT2D eigenvalue weighted by Crippen LogP contribution is -2.25. The molecule has 1 aromatic carbocycles. The molecule has 0 bridgehead atoms. The van der Waals surface area contributed by atoms with Crippen LogP contribution in [0.2, 0.25) is 0 Å². The molecule has 1 saturated carbocycles. The fraction of sp³-hybridized carbons (Fsp3) is 0.500. The third-order valence-corrected chi connectivity index (χ3v) is 4.38. The van der Waals surface area contributed by atoms with Crippen LogP contribution >= 0.6 is 0 Å². The average Bonchev–Trinajstić information content (AvgIpc) is 2.74. The Morgan fingerprint density at radius 3 is 2.75 bits per heavy atom. The van der Waals surface area contributed by atoms with Gasteiger partial charge in [0.25, 0.3) is 0 Å². The van der Waals surface area contributed by atoms with Crippen LogP contribution in [-0.4, -0.2) is 15.6 Å². The molecule has 1 aliphatic carbocycles. The summed E-state index contributed by atoms with van der Waals surface area (Å²) in [7, 11) is 2.04. The van der Waals surface area contributed by atoms with Crippen LogP contribution in [0.15, 0.2) is 18.2 Å². The molecule has 0 amide bonds. The number of aryl methyl sites for hydroxylation is 2. The van der Waals surface area contributed by atoms with E-state index in [0.717, 1.165) is 42.7 Å². The molecule has 20 heavy (non-hydrogen) atoms. The Morgan fingerprint density at radius 2 is 2.05 bits per heavy atom. The molecule has 0 atom stereocenters. The molecule has 0 aliphatic heterocycles. The summed E-state index contributed by atoms with van der Waals surface area (Å²) in [6, 6.07) is 9.24. The Morgan fingerprint density at radius 1 is 1.30 bits per heavy atom. The summed E-state index contributed by atoms with van der Waals surface area (Å²) in [5, 5.41) is 12.5. The molecule has 1 heterocycles. The number of hydrogen-bond acceptors (Lipinski definition) is 3. The second-order valence-electron chi connectivity index (χ2n) is 5.74. The van der Waals surface area contributed by atoms with Gasteiger partial charge in [0.1, 0.15) is 5.82 Å². The minimum Gasteiger partial charge on any atom is -0.382 e. The van der Waals surface area contributed by atoms with Gasteiger partial charge in [-0.1, -0.05) is 0 Å². The number of nitrogens with one attached hydrogen (secondary N) is 1. The highest BCUT2D eigenvalue weighted by atomic mass is 15.1. The van der Waals surface area contributed by atoms with E-state index in [1.54, 1.807) is 0 Å². The van der Waals surface area contributed by atoms with Crippen molar-refractivity contribution in [2.24, 2.45) is 13.0 Å². The van der Waals surface area contributed by atoms with Crippen molar-refractivity contribution in [3.8, 4) is 6.07 Å². The molecule has 3 rings (SSSR count). The number of benzene rings is 1. The Hall–Kier alpha value is -2.02. The van der Waals surface area contributed by atoms with Crippen molar-refractivity contribution in [3.05, 3.63) is 24.0 Å². The lowest BCUT2D eigenvalue weighted by molar-refractivity contribution is 0.397. The maximum atomic E-state index is 8.93. The van der Waals surface area contributed by atoms with E-state index >= 15 is 0 Å². The van der Waals surface area contributed by atoms with Crippen molar-refractivity contribution in [2.45, 2.75) is 38.6 Å². The summed E-state index contributed by atoms with van der Waals surface area (Å²) in [6.45, 7) is 2.02. The monoisotopic (exact) mass is 268 g/mol. The van der Waals surface area contributed by atoms with E-state index in [1.165, 1.54) is 5.52 Å². The number of fused-ring (bicyclic) bond motifs is 1. The largest absolute Gasteiger partial charge is 0.382 e. The van der Waals surface area contributed by atoms with Gasteiger partial charge in [-0.15, -0.1) is 0 Å². The number of nitrogens with zero attached hydrogens (tertiary/aromatic N) is 3. The molecule has 0 unspecified atom stereocenters. The van der Waals surface area contributed by atoms with E-state index in [-0.39, 0.29) is 5.92 Å². The summed E-state index contributed by atoms with van der Waals surface area (Å²) in [4.78, 5) is 4.57. The highest BCUT2D eigenvalue weighted by molar-refractivity contribution is 5.80. The van der Waals surface area contributed by atoms with Gasteiger partial charge in [0.15, 0.2) is 0 Å². The maximum absolute atomic E-state index is 8.93. The zero-order chi connectivity index (χ0) is 14.1. The van der Waals surface area contributed by atoms with Crippen molar-refractivity contribution >= 4 is 16.7 Å². The summed E-state index contributed by atoms with van der Waals surface area (Å²) >= 11 is 0. The molecule has 1 fully saturated rings. The average molecular weight is 268 g/mol. The van der Waals surface area contributed by atoms with Gasteiger partial charge >= 0.3 is 0 Å². The number of rotatable bonds is 2. The molecule has 0 spiro atoms. The molecule has 104 valence electrons. The summed E-state index contributed by atoms with van der Waals surface area (Å²) in [5.41, 5.74) is 3.35. The van der Waals surface area contributed by atoms with E-state index in [4.69, 9.17) is 5.26 Å². The van der Waals surface area contributed by atoms with Crippen LogP contribution in [0.4, 0.5) is 5.69 Å².